The standard InChI is InChI=1S/C20H31N7O/c1-14(2)26-20(27-19(21)22)25-10-6-4-5-9-23-17-13-16(28-3)12-15-8-7-11-24-18(15)17/h7-8,11-14,23H,4-6,9-10H2,1-3H3,(H5,21,22,25,26,27). The van der Waals surface area contributed by atoms with Gasteiger partial charge in [-0.1, -0.05) is 6.07 Å². The lowest BCUT2D eigenvalue weighted by atomic mass is 10.1. The largest absolute Gasteiger partial charge is 0.497 e. The maximum atomic E-state index is 5.44. The minimum Gasteiger partial charge on any atom is -0.497 e. The van der Waals surface area contributed by atoms with Crippen molar-refractivity contribution in [2.24, 2.45) is 21.5 Å². The maximum Gasteiger partial charge on any atom is 0.221 e. The molecular weight excluding hydrogens is 354 g/mol. The Morgan fingerprint density at radius 2 is 2.04 bits per heavy atom. The molecule has 0 saturated carbocycles. The summed E-state index contributed by atoms with van der Waals surface area (Å²) >= 11 is 0. The van der Waals surface area contributed by atoms with Gasteiger partial charge in [0.1, 0.15) is 5.75 Å². The van der Waals surface area contributed by atoms with E-state index in [9.17, 15) is 0 Å². The number of hydrogen-bond acceptors (Lipinski definition) is 4. The number of guanidine groups is 2. The number of fused-ring (bicyclic) bond motifs is 1. The van der Waals surface area contributed by atoms with Gasteiger partial charge in [-0.15, -0.1) is 0 Å². The first-order valence-electron chi connectivity index (χ1n) is 9.57. The fourth-order valence-electron chi connectivity index (χ4n) is 2.73. The van der Waals surface area contributed by atoms with Gasteiger partial charge in [-0.2, -0.15) is 4.99 Å². The zero-order valence-corrected chi connectivity index (χ0v) is 16.9. The molecule has 1 aromatic carbocycles. The van der Waals surface area contributed by atoms with Crippen molar-refractivity contribution in [1.29, 1.82) is 0 Å². The minimum absolute atomic E-state index is 0.00947. The summed E-state index contributed by atoms with van der Waals surface area (Å²) in [4.78, 5) is 12.9. The Hall–Kier alpha value is -3.03. The molecule has 8 nitrogen and oxygen atoms in total. The first-order valence-corrected chi connectivity index (χ1v) is 9.57. The second-order valence-electron chi connectivity index (χ2n) is 6.78. The van der Waals surface area contributed by atoms with Crippen LogP contribution < -0.4 is 26.8 Å². The van der Waals surface area contributed by atoms with Crippen LogP contribution in [0.3, 0.4) is 0 Å². The molecule has 0 bridgehead atoms. The van der Waals surface area contributed by atoms with Gasteiger partial charge in [0.25, 0.3) is 0 Å². The summed E-state index contributed by atoms with van der Waals surface area (Å²) < 4.78 is 5.38. The first-order chi connectivity index (χ1) is 13.5. The molecule has 28 heavy (non-hydrogen) atoms. The number of hydrogen-bond donors (Lipinski definition) is 4. The van der Waals surface area contributed by atoms with Crippen LogP contribution in [0.25, 0.3) is 10.9 Å². The van der Waals surface area contributed by atoms with Gasteiger partial charge in [0.05, 0.1) is 18.3 Å². The molecule has 1 aromatic heterocycles. The second kappa shape index (κ2) is 11.0. The zero-order chi connectivity index (χ0) is 20.4. The Kier molecular flexibility index (Phi) is 8.33. The number of aliphatic imine (C=N–C) groups is 2. The molecule has 0 radical (unpaired) electrons. The van der Waals surface area contributed by atoms with Gasteiger partial charge in [-0.05, 0) is 45.2 Å². The van der Waals surface area contributed by atoms with Crippen LogP contribution in [0.5, 0.6) is 5.75 Å². The quantitative estimate of drug-likeness (QED) is 0.299. The Balaban J connectivity index is 1.81. The lowest BCUT2D eigenvalue weighted by molar-refractivity contribution is 0.415. The molecule has 1 heterocycles. The Morgan fingerprint density at radius 3 is 2.75 bits per heavy atom. The van der Waals surface area contributed by atoms with Crippen molar-refractivity contribution >= 4 is 28.5 Å². The normalized spacial score (nSPS) is 11.5. The van der Waals surface area contributed by atoms with Gasteiger partial charge < -0.3 is 26.8 Å². The van der Waals surface area contributed by atoms with E-state index >= 15 is 0 Å². The number of benzene rings is 1. The van der Waals surface area contributed by atoms with Gasteiger partial charge in [0, 0.05) is 36.8 Å². The van der Waals surface area contributed by atoms with Crippen molar-refractivity contribution in [1.82, 2.24) is 10.3 Å². The Morgan fingerprint density at radius 1 is 1.21 bits per heavy atom. The summed E-state index contributed by atoms with van der Waals surface area (Å²) in [5, 5.41) is 7.66. The Bertz CT molecular complexity index is 813. The van der Waals surface area contributed by atoms with Crippen molar-refractivity contribution in [2.45, 2.75) is 39.2 Å². The molecule has 0 aliphatic rings. The molecule has 0 fully saturated rings. The number of unbranched alkanes of at least 4 members (excludes halogenated alkanes) is 2. The summed E-state index contributed by atoms with van der Waals surface area (Å²) in [6, 6.07) is 8.16. The molecule has 8 heteroatoms. The van der Waals surface area contributed by atoms with E-state index in [0.717, 1.165) is 48.1 Å². The van der Waals surface area contributed by atoms with Crippen molar-refractivity contribution < 1.29 is 4.74 Å². The molecule has 152 valence electrons. The Labute approximate surface area is 166 Å². The van der Waals surface area contributed by atoms with Gasteiger partial charge in [-0.25, -0.2) is 0 Å². The molecule has 0 atom stereocenters. The number of methoxy groups -OCH3 is 1. The van der Waals surface area contributed by atoms with E-state index in [1.807, 2.05) is 38.1 Å². The van der Waals surface area contributed by atoms with E-state index in [1.165, 1.54) is 0 Å². The molecule has 0 saturated heterocycles. The molecular formula is C20H31N7O. The predicted molar refractivity (Wildman–Crippen MR) is 117 cm³/mol. The average Bonchev–Trinajstić information content (AvgIpc) is 2.65. The number of pyridine rings is 1. The molecule has 0 amide bonds. The molecule has 2 aromatic rings. The third-order valence-corrected chi connectivity index (χ3v) is 3.98. The average molecular weight is 386 g/mol. The fourth-order valence-corrected chi connectivity index (χ4v) is 2.73. The van der Waals surface area contributed by atoms with E-state index in [2.05, 4.69) is 25.6 Å². The molecule has 2 rings (SSSR count). The highest BCUT2D eigenvalue weighted by molar-refractivity contribution is 5.93. The molecule has 0 spiro atoms. The van der Waals surface area contributed by atoms with Crippen LogP contribution in [-0.2, 0) is 0 Å². The van der Waals surface area contributed by atoms with E-state index in [0.29, 0.717) is 12.5 Å². The summed E-state index contributed by atoms with van der Waals surface area (Å²) in [6.45, 7) is 5.56. The monoisotopic (exact) mass is 385 g/mol. The van der Waals surface area contributed by atoms with Crippen LogP contribution >= 0.6 is 0 Å². The van der Waals surface area contributed by atoms with Gasteiger partial charge in [0.2, 0.25) is 5.96 Å². The molecule has 0 unspecified atom stereocenters. The number of aromatic nitrogens is 1. The van der Waals surface area contributed by atoms with Crippen molar-refractivity contribution in [2.75, 3.05) is 25.5 Å². The number of nitrogens with one attached hydrogen (secondary N) is 2. The summed E-state index contributed by atoms with van der Waals surface area (Å²) in [7, 11) is 1.67. The summed E-state index contributed by atoms with van der Waals surface area (Å²) in [6.07, 6.45) is 4.83. The zero-order valence-electron chi connectivity index (χ0n) is 16.9. The molecule has 0 aliphatic carbocycles. The highest BCUT2D eigenvalue weighted by Crippen LogP contribution is 2.27. The van der Waals surface area contributed by atoms with E-state index < -0.39 is 0 Å². The van der Waals surface area contributed by atoms with Crippen LogP contribution in [0.1, 0.15) is 33.1 Å². The minimum atomic E-state index is 0.00947. The highest BCUT2D eigenvalue weighted by Gasteiger charge is 2.05. The second-order valence-corrected chi connectivity index (χ2v) is 6.78. The van der Waals surface area contributed by atoms with Crippen LogP contribution in [0.2, 0.25) is 0 Å². The van der Waals surface area contributed by atoms with Crippen LogP contribution in [0.4, 0.5) is 5.69 Å². The highest BCUT2D eigenvalue weighted by atomic mass is 16.5. The smallest absolute Gasteiger partial charge is 0.221 e. The number of ether oxygens (including phenoxy) is 1. The van der Waals surface area contributed by atoms with E-state index in [1.54, 1.807) is 13.3 Å². The van der Waals surface area contributed by atoms with Crippen molar-refractivity contribution in [3.8, 4) is 5.75 Å². The topological polar surface area (TPSA) is 123 Å². The number of nitrogens with two attached hydrogens (primary N) is 2. The number of anilines is 1. The third-order valence-electron chi connectivity index (χ3n) is 3.98. The lowest BCUT2D eigenvalue weighted by Crippen LogP contribution is -2.33. The van der Waals surface area contributed by atoms with Gasteiger partial charge in [-0.3, -0.25) is 9.98 Å². The predicted octanol–water partition coefficient (Wildman–Crippen LogP) is 2.45. The first kappa shape index (κ1) is 21.3. The summed E-state index contributed by atoms with van der Waals surface area (Å²) in [5.74, 6) is 1.32. The van der Waals surface area contributed by atoms with Crippen LogP contribution in [-0.4, -0.2) is 43.1 Å². The van der Waals surface area contributed by atoms with Crippen LogP contribution in [0, 0.1) is 0 Å². The van der Waals surface area contributed by atoms with E-state index in [-0.39, 0.29) is 12.0 Å². The van der Waals surface area contributed by atoms with Gasteiger partial charge in [0.15, 0.2) is 5.96 Å². The van der Waals surface area contributed by atoms with Crippen LogP contribution in [0.15, 0.2) is 40.4 Å². The number of rotatable bonds is 9. The maximum absolute atomic E-state index is 5.44. The van der Waals surface area contributed by atoms with E-state index in [4.69, 9.17) is 16.2 Å². The van der Waals surface area contributed by atoms with Crippen molar-refractivity contribution in [3.63, 3.8) is 0 Å². The fraction of sp³-hybridized carbons (Fsp3) is 0.450. The summed E-state index contributed by atoms with van der Waals surface area (Å²) in [5.41, 5.74) is 12.8. The van der Waals surface area contributed by atoms with Gasteiger partial charge >= 0.3 is 0 Å². The molecule has 6 N–H and O–H groups in total. The molecule has 0 aliphatic heterocycles. The SMILES string of the molecule is COc1cc(NCCCCCN=C(N=C(N)N)NC(C)C)c2ncccc2c1. The third kappa shape index (κ3) is 6.94. The lowest BCUT2D eigenvalue weighted by Gasteiger charge is -2.11. The van der Waals surface area contributed by atoms with Crippen molar-refractivity contribution in [3.05, 3.63) is 30.5 Å². The number of nitrogens with zero attached hydrogens (tertiary/aromatic N) is 3.